The fourth-order valence-corrected chi connectivity index (χ4v) is 17.4. The van der Waals surface area contributed by atoms with Crippen LogP contribution in [-0.2, 0) is 49.9 Å². The average Bonchev–Trinajstić information content (AvgIpc) is 4.05. The number of benzene rings is 3. The topological polar surface area (TPSA) is 312 Å². The number of nitrogens with zero attached hydrogens (tertiary/aromatic N) is 3. The number of ketones is 3. The van der Waals surface area contributed by atoms with Crippen LogP contribution in [0.3, 0.4) is 0 Å². The summed E-state index contributed by atoms with van der Waals surface area (Å²) in [6.45, 7) is 12.6. The van der Waals surface area contributed by atoms with Crippen molar-refractivity contribution in [1.29, 1.82) is 0 Å². The number of primary amides is 3. The Hall–Kier alpha value is -6.28. The van der Waals surface area contributed by atoms with E-state index in [2.05, 4.69) is 41.2 Å². The Morgan fingerprint density at radius 1 is 0.543 bits per heavy atom. The van der Waals surface area contributed by atoms with Gasteiger partial charge in [-0.2, -0.15) is 0 Å². The lowest BCUT2D eigenvalue weighted by Gasteiger charge is -2.63. The van der Waals surface area contributed by atoms with Crippen LogP contribution in [0.4, 0.5) is 0 Å². The minimum Gasteiger partial charge on any atom is -0.507 e. The standard InChI is InChI=1S/C22H28N2O4.C21H26N2O4.C20H24N2O4/c1-13(2)6-9-24-10-8-21-12-15(25)5-7-22(21,28)17(24)11-14-3-4-16(20(23)27)19(26)18(14)21;22-19(26)15-4-3-13-9-16-21(27)6-5-14(24)10-20(21,17(13)18(15)25)7-8-23(16)11-12-1-2-12;1-2-8-22-9-7-19-11-13(23)5-6-20(19,26)15(22)10-12-3-4-14(18(21)25)17(24)16(12)19/h3-4,6,17,26,28H,5,7-12H2,1-2H3,(H2,23,27);3-4,12,16,25,27H,1-2,5-11H2,(H2,22,26);2-4,15,24,26H,1,5-11H2,(H2,21,25)/t17-,21-,22-;16-,20-,21-;15-,19-,20-/m111/s1. The van der Waals surface area contributed by atoms with Crippen molar-refractivity contribution in [2.24, 2.45) is 23.1 Å². The van der Waals surface area contributed by atoms with E-state index in [0.717, 1.165) is 48.8 Å². The maximum Gasteiger partial charge on any atom is 0.252 e. The SMILES string of the molecule is C=CCN1CC[C@]23CC(=O)CC[C@@]2(O)[C@H]1Cc1ccc(C(N)=O)c(O)c13.CC(C)=CCN1CC[C@]23CC(=O)CC[C@@]2(O)[C@H]1Cc1ccc(C(N)=O)c(O)c13.NC(=O)c1ccc2c(c1O)[C@]13CCN(CC4CC4)[C@H](C2)[C@]1(O)CCC(=O)C3. The second-order valence-electron chi connectivity index (χ2n) is 25.7. The molecule has 4 saturated carbocycles. The first-order chi connectivity index (χ1) is 38.4. The molecule has 3 saturated heterocycles. The molecule has 3 heterocycles. The summed E-state index contributed by atoms with van der Waals surface area (Å²) in [6.07, 6.45) is 12.8. The van der Waals surface area contributed by atoms with Crippen molar-refractivity contribution >= 4 is 35.1 Å². The molecule has 18 heteroatoms. The molecule has 0 unspecified atom stereocenters. The van der Waals surface area contributed by atoms with Crippen molar-refractivity contribution in [3.63, 3.8) is 0 Å². The van der Waals surface area contributed by atoms with E-state index in [9.17, 15) is 59.4 Å². The molecule has 0 radical (unpaired) electrons. The van der Waals surface area contributed by atoms with Crippen molar-refractivity contribution in [3.8, 4) is 17.2 Å². The smallest absolute Gasteiger partial charge is 0.252 e. The van der Waals surface area contributed by atoms with Gasteiger partial charge in [0, 0.05) is 109 Å². The van der Waals surface area contributed by atoms with Crippen LogP contribution in [0.15, 0.2) is 60.7 Å². The number of allylic oxidation sites excluding steroid dienone is 1. The Balaban J connectivity index is 0.000000128. The Morgan fingerprint density at radius 3 is 1.20 bits per heavy atom. The Labute approximate surface area is 472 Å². The maximum absolute atomic E-state index is 12.5. The highest BCUT2D eigenvalue weighted by atomic mass is 16.3. The number of amides is 3. The van der Waals surface area contributed by atoms with Gasteiger partial charge in [0.05, 0.1) is 33.5 Å². The van der Waals surface area contributed by atoms with Crippen LogP contribution >= 0.6 is 0 Å². The lowest BCUT2D eigenvalue weighted by Crippen LogP contribution is -2.73. The van der Waals surface area contributed by atoms with Gasteiger partial charge in [0.15, 0.2) is 0 Å². The first-order valence-electron chi connectivity index (χ1n) is 29.0. The zero-order valence-electron chi connectivity index (χ0n) is 46.6. The molecule has 10 aliphatic rings. The van der Waals surface area contributed by atoms with Crippen molar-refractivity contribution < 1.29 is 59.4 Å². The van der Waals surface area contributed by atoms with Crippen LogP contribution in [0, 0.1) is 5.92 Å². The number of rotatable bonds is 9. The number of aliphatic hydroxyl groups is 3. The van der Waals surface area contributed by atoms with Gasteiger partial charge in [0.2, 0.25) is 0 Å². The molecule has 9 atom stereocenters. The molecule has 0 spiro atoms. The lowest BCUT2D eigenvalue weighted by molar-refractivity contribution is -0.173. The second-order valence-corrected chi connectivity index (χ2v) is 25.7. The number of likely N-dealkylation sites (tertiary alicyclic amines) is 3. The first kappa shape index (κ1) is 56.6. The van der Waals surface area contributed by atoms with Crippen LogP contribution in [0.25, 0.3) is 0 Å². The highest BCUT2D eigenvalue weighted by Gasteiger charge is 2.68. The van der Waals surface area contributed by atoms with E-state index in [1.807, 2.05) is 18.2 Å². The summed E-state index contributed by atoms with van der Waals surface area (Å²) in [4.78, 5) is 79.6. The van der Waals surface area contributed by atoms with E-state index in [1.54, 1.807) is 18.2 Å². The average molecular weight is 1110 g/mol. The summed E-state index contributed by atoms with van der Waals surface area (Å²) in [5.41, 5.74) is 16.3. The molecule has 7 fully saturated rings. The maximum atomic E-state index is 12.5. The predicted molar refractivity (Wildman–Crippen MR) is 300 cm³/mol. The summed E-state index contributed by atoms with van der Waals surface area (Å²) < 4.78 is 0. The van der Waals surface area contributed by atoms with E-state index < -0.39 is 50.8 Å². The van der Waals surface area contributed by atoms with Crippen LogP contribution in [0.1, 0.15) is 168 Å². The lowest BCUT2D eigenvalue weighted by atomic mass is 9.49. The van der Waals surface area contributed by atoms with E-state index >= 15 is 0 Å². The highest BCUT2D eigenvalue weighted by Crippen LogP contribution is 2.63. The summed E-state index contributed by atoms with van der Waals surface area (Å²) >= 11 is 0. The Morgan fingerprint density at radius 2 is 0.877 bits per heavy atom. The highest BCUT2D eigenvalue weighted by molar-refractivity contribution is 5.98. The number of hydrogen-bond donors (Lipinski definition) is 9. The predicted octanol–water partition coefficient (Wildman–Crippen LogP) is 4.09. The third-order valence-electron chi connectivity index (χ3n) is 21.3. The summed E-state index contributed by atoms with van der Waals surface area (Å²) in [7, 11) is 0. The van der Waals surface area contributed by atoms with Crippen molar-refractivity contribution in [2.45, 2.75) is 174 Å². The molecular weight excluding hydrogens is 1030 g/mol. The van der Waals surface area contributed by atoms with E-state index in [1.165, 1.54) is 24.5 Å². The Bertz CT molecular complexity index is 3220. The quantitative estimate of drug-likeness (QED) is 0.136. The zero-order chi connectivity index (χ0) is 57.9. The van der Waals surface area contributed by atoms with Crippen molar-refractivity contribution in [3.05, 3.63) is 111 Å². The molecular formula is C63H78N6O12. The minimum absolute atomic E-state index is 0.0467. The summed E-state index contributed by atoms with van der Waals surface area (Å²) in [5, 5.41) is 68.5. The molecule has 3 aromatic rings. The van der Waals surface area contributed by atoms with Gasteiger partial charge in [-0.25, -0.2) is 0 Å². The van der Waals surface area contributed by atoms with Gasteiger partial charge in [0.25, 0.3) is 17.7 Å². The van der Waals surface area contributed by atoms with Gasteiger partial charge >= 0.3 is 0 Å². The largest absolute Gasteiger partial charge is 0.507 e. The molecule has 12 N–H and O–H groups in total. The van der Waals surface area contributed by atoms with Gasteiger partial charge in [0.1, 0.15) is 34.6 Å². The fourth-order valence-electron chi connectivity index (χ4n) is 17.4. The van der Waals surface area contributed by atoms with E-state index in [4.69, 9.17) is 17.2 Å². The molecule has 3 amide bonds. The van der Waals surface area contributed by atoms with Gasteiger partial charge in [-0.3, -0.25) is 43.5 Å². The molecule has 0 aromatic heterocycles. The molecule has 13 rings (SSSR count). The number of phenols is 3. The van der Waals surface area contributed by atoms with E-state index in [0.29, 0.717) is 107 Å². The number of Topliss-reactive ketones (excluding diaryl/α,β-unsaturated/α-hetero) is 3. The number of carbonyl (C=O) groups is 6. The van der Waals surface area contributed by atoms with Crippen LogP contribution < -0.4 is 17.2 Å². The van der Waals surface area contributed by atoms with Gasteiger partial charge < -0.3 is 47.8 Å². The third kappa shape index (κ3) is 8.62. The fraction of sp³-hybridized carbons (Fsp3) is 0.556. The molecule has 3 aromatic carbocycles. The molecule has 432 valence electrons. The molecule has 7 aliphatic carbocycles. The first-order valence-corrected chi connectivity index (χ1v) is 29.0. The number of nitrogens with two attached hydrogens (primary N) is 3. The minimum atomic E-state index is -1.12. The van der Waals surface area contributed by atoms with Crippen molar-refractivity contribution in [2.75, 3.05) is 39.3 Å². The van der Waals surface area contributed by atoms with Crippen molar-refractivity contribution in [1.82, 2.24) is 14.7 Å². The summed E-state index contributed by atoms with van der Waals surface area (Å²) in [6, 6.07) is 9.82. The summed E-state index contributed by atoms with van der Waals surface area (Å²) in [5.74, 6) is -1.55. The number of aromatic hydroxyl groups is 3. The number of piperidine rings is 3. The molecule has 18 nitrogen and oxygen atoms in total. The monoisotopic (exact) mass is 1110 g/mol. The number of fused-ring (bicyclic) bond motifs is 3. The van der Waals surface area contributed by atoms with Gasteiger partial charge in [-0.15, -0.1) is 6.58 Å². The normalized spacial score (nSPS) is 33.4. The van der Waals surface area contributed by atoms with Gasteiger partial charge in [-0.05, 0) is 145 Å². The zero-order valence-corrected chi connectivity index (χ0v) is 46.6. The third-order valence-corrected chi connectivity index (χ3v) is 21.3. The van der Waals surface area contributed by atoms with Crippen LogP contribution in [0.5, 0.6) is 17.2 Å². The second kappa shape index (κ2) is 20.3. The van der Waals surface area contributed by atoms with Crippen LogP contribution in [-0.4, -0.2) is 155 Å². The molecule has 6 bridgehead atoms. The number of carbonyl (C=O) groups excluding carboxylic acids is 6. The Kier molecular flexibility index (Phi) is 14.2. The van der Waals surface area contributed by atoms with Crippen LogP contribution in [0.2, 0.25) is 0 Å². The number of hydrogen-bond acceptors (Lipinski definition) is 15. The molecule has 81 heavy (non-hydrogen) atoms. The van der Waals surface area contributed by atoms with Gasteiger partial charge in [-0.1, -0.05) is 35.9 Å². The van der Waals surface area contributed by atoms with E-state index in [-0.39, 0.29) is 88.7 Å². The molecule has 3 aliphatic heterocycles.